The van der Waals surface area contributed by atoms with Crippen LogP contribution in [0.15, 0.2) is 11.5 Å². The summed E-state index contributed by atoms with van der Waals surface area (Å²) in [5.41, 5.74) is 0. The Kier molecular flexibility index (Phi) is 5.51. The van der Waals surface area contributed by atoms with Crippen molar-refractivity contribution in [2.45, 2.75) is 47.7 Å². The summed E-state index contributed by atoms with van der Waals surface area (Å²) >= 11 is -0.304. The lowest BCUT2D eigenvalue weighted by Gasteiger charge is -2.41. The zero-order chi connectivity index (χ0) is 20.1. The molecule has 0 saturated heterocycles. The summed E-state index contributed by atoms with van der Waals surface area (Å²) in [7, 11) is 0. The zero-order valence-electron chi connectivity index (χ0n) is 11.4. The van der Waals surface area contributed by atoms with Gasteiger partial charge < -0.3 is 0 Å². The average Bonchev–Trinajstić information content (AvgIpc) is 2.46. The summed E-state index contributed by atoms with van der Waals surface area (Å²) in [6, 6.07) is 0. The summed E-state index contributed by atoms with van der Waals surface area (Å²) in [5.74, 6) is -36.6. The molecule has 0 saturated carbocycles. The van der Waals surface area contributed by atoms with Crippen molar-refractivity contribution in [3.05, 3.63) is 11.5 Å². The molecule has 14 heteroatoms. The van der Waals surface area contributed by atoms with Crippen LogP contribution in [0.5, 0.6) is 0 Å². The highest BCUT2D eigenvalue weighted by molar-refractivity contribution is 8.02. The van der Waals surface area contributed by atoms with E-state index in [2.05, 4.69) is 0 Å². The van der Waals surface area contributed by atoms with Crippen molar-refractivity contribution >= 4 is 17.5 Å². The number of carbonyl (C=O) groups is 1. The minimum atomic E-state index is -7.56. The first-order chi connectivity index (χ1) is 10.9. The van der Waals surface area contributed by atoms with Crippen LogP contribution in [0.3, 0.4) is 0 Å². The van der Waals surface area contributed by atoms with Gasteiger partial charge in [0.15, 0.2) is 5.78 Å². The predicted molar refractivity (Wildman–Crippen MR) is 60.9 cm³/mol. The Morgan fingerprint density at radius 2 is 1.36 bits per heavy atom. The fourth-order valence-electron chi connectivity index (χ4n) is 1.68. The fourth-order valence-corrected chi connectivity index (χ4v) is 2.68. The number of thioether (sulfide) groups is 1. The second-order valence-corrected chi connectivity index (χ2v) is 5.98. The first kappa shape index (κ1) is 22.0. The minimum absolute atomic E-state index is 0.304. The molecule has 0 aromatic carbocycles. The molecule has 1 nitrogen and oxygen atoms in total. The van der Waals surface area contributed by atoms with E-state index in [9.17, 15) is 57.5 Å². The maximum absolute atomic E-state index is 13.7. The number of allylic oxidation sites excluding steroid dienone is 1. The number of hydrogen-bond donors (Lipinski definition) is 0. The van der Waals surface area contributed by atoms with Crippen molar-refractivity contribution in [1.29, 1.82) is 0 Å². The predicted octanol–water partition coefficient (Wildman–Crippen LogP) is 5.02. The van der Waals surface area contributed by atoms with Gasteiger partial charge in [-0.1, -0.05) is 0 Å². The van der Waals surface area contributed by atoms with Crippen LogP contribution in [-0.2, 0) is 4.79 Å². The average molecular weight is 414 g/mol. The molecule has 1 rings (SSSR count). The first-order valence-electron chi connectivity index (χ1n) is 5.96. The smallest absolute Gasteiger partial charge is 0.295 e. The Bertz CT molecular complexity index is 555. The van der Waals surface area contributed by atoms with Crippen molar-refractivity contribution in [3.8, 4) is 0 Å². The maximum Gasteiger partial charge on any atom is 0.384 e. The van der Waals surface area contributed by atoms with Gasteiger partial charge in [0.05, 0.1) is 5.25 Å². The highest BCUT2D eigenvalue weighted by Gasteiger charge is 2.88. The van der Waals surface area contributed by atoms with Gasteiger partial charge in [-0.25, -0.2) is 8.78 Å². The monoisotopic (exact) mass is 414 g/mol. The topological polar surface area (TPSA) is 17.1 Å². The van der Waals surface area contributed by atoms with E-state index in [1.165, 1.54) is 0 Å². The van der Waals surface area contributed by atoms with Gasteiger partial charge in [-0.05, 0) is 11.5 Å². The second kappa shape index (κ2) is 6.27. The molecule has 0 aromatic heterocycles. The molecule has 0 aliphatic carbocycles. The standard InChI is InChI=1S/C11H6F12OS/c12-6(13)8(16,17)10(20,21)11(22,23)9(18,19)7(14,15)5-3-4(24)1-2-25-5/h1-2,5-6H,3H2. The third-order valence-electron chi connectivity index (χ3n) is 3.19. The Balaban J connectivity index is 3.38. The number of hydrogen-bond acceptors (Lipinski definition) is 2. The Labute approximate surface area is 135 Å². The lowest BCUT2D eigenvalue weighted by molar-refractivity contribution is -0.412. The Hall–Kier alpha value is -1.08. The van der Waals surface area contributed by atoms with E-state index in [1.807, 2.05) is 0 Å². The van der Waals surface area contributed by atoms with E-state index in [4.69, 9.17) is 0 Å². The molecule has 0 bridgehead atoms. The number of halogens is 12. The molecule has 0 radical (unpaired) electrons. The van der Waals surface area contributed by atoms with E-state index in [0.29, 0.717) is 11.5 Å². The van der Waals surface area contributed by atoms with Gasteiger partial charge in [0.25, 0.3) is 0 Å². The number of carbonyl (C=O) groups excluding carboxylic acids is 1. The van der Waals surface area contributed by atoms with Crippen LogP contribution in [-0.4, -0.2) is 47.1 Å². The van der Waals surface area contributed by atoms with Crippen molar-refractivity contribution in [2.24, 2.45) is 0 Å². The molecule has 25 heavy (non-hydrogen) atoms. The van der Waals surface area contributed by atoms with Gasteiger partial charge in [0.1, 0.15) is 0 Å². The van der Waals surface area contributed by atoms with Gasteiger partial charge in [-0.3, -0.25) is 4.79 Å². The maximum atomic E-state index is 13.7. The lowest BCUT2D eigenvalue weighted by Crippen LogP contribution is -2.70. The van der Waals surface area contributed by atoms with Gasteiger partial charge in [-0.15, -0.1) is 11.8 Å². The van der Waals surface area contributed by atoms with Crippen LogP contribution < -0.4 is 0 Å². The molecule has 1 atom stereocenters. The largest absolute Gasteiger partial charge is 0.384 e. The van der Waals surface area contributed by atoms with Crippen molar-refractivity contribution < 1.29 is 57.5 Å². The molecule has 146 valence electrons. The van der Waals surface area contributed by atoms with Crippen molar-refractivity contribution in [1.82, 2.24) is 0 Å². The second-order valence-electron chi connectivity index (χ2n) is 4.87. The molecule has 1 aliphatic heterocycles. The summed E-state index contributed by atoms with van der Waals surface area (Å²) in [6.45, 7) is 0. The highest BCUT2D eigenvalue weighted by Crippen LogP contribution is 2.60. The first-order valence-corrected chi connectivity index (χ1v) is 6.91. The van der Waals surface area contributed by atoms with Crippen LogP contribution in [0.4, 0.5) is 52.7 Å². The molecule has 1 aliphatic rings. The molecule has 1 heterocycles. The van der Waals surface area contributed by atoms with Gasteiger partial charge in [0.2, 0.25) is 0 Å². The lowest BCUT2D eigenvalue weighted by atomic mass is 9.91. The number of rotatable bonds is 6. The van der Waals surface area contributed by atoms with E-state index >= 15 is 0 Å². The molecule has 0 aromatic rings. The SMILES string of the molecule is O=C1C=CSC(C(F)(F)C(F)(F)C(F)(F)C(F)(F)C(F)(F)C(F)F)C1. The molecule has 1 unspecified atom stereocenters. The molecule has 0 fully saturated rings. The van der Waals surface area contributed by atoms with Crippen LogP contribution in [0, 0.1) is 0 Å². The number of ketones is 1. The summed E-state index contributed by atoms with van der Waals surface area (Å²) < 4.78 is 156. The zero-order valence-corrected chi connectivity index (χ0v) is 12.2. The van der Waals surface area contributed by atoms with Crippen LogP contribution in [0.25, 0.3) is 0 Å². The Morgan fingerprint density at radius 3 is 1.76 bits per heavy atom. The fraction of sp³-hybridized carbons (Fsp3) is 0.727. The van der Waals surface area contributed by atoms with Crippen molar-refractivity contribution in [2.75, 3.05) is 0 Å². The molecule has 0 amide bonds. The molecule has 0 spiro atoms. The van der Waals surface area contributed by atoms with Gasteiger partial charge in [0, 0.05) is 6.42 Å². The number of alkyl halides is 12. The highest BCUT2D eigenvalue weighted by atomic mass is 32.2. The van der Waals surface area contributed by atoms with Crippen molar-refractivity contribution in [3.63, 3.8) is 0 Å². The molecular formula is C11H6F12OS. The van der Waals surface area contributed by atoms with Gasteiger partial charge in [-0.2, -0.15) is 43.9 Å². The summed E-state index contributed by atoms with van der Waals surface area (Å²) in [4.78, 5) is 10.9. The third-order valence-corrected chi connectivity index (χ3v) is 4.27. The van der Waals surface area contributed by atoms with E-state index < -0.39 is 53.5 Å². The van der Waals surface area contributed by atoms with E-state index in [1.54, 1.807) is 0 Å². The summed E-state index contributed by atoms with van der Waals surface area (Å²) in [6.07, 6.45) is -6.42. The third kappa shape index (κ3) is 3.10. The molecule has 0 N–H and O–H groups in total. The van der Waals surface area contributed by atoms with Crippen LogP contribution in [0.1, 0.15) is 6.42 Å². The Morgan fingerprint density at radius 1 is 0.880 bits per heavy atom. The summed E-state index contributed by atoms with van der Waals surface area (Å²) in [5, 5.41) is -2.51. The van der Waals surface area contributed by atoms with E-state index in [-0.39, 0.29) is 11.8 Å². The van der Waals surface area contributed by atoms with Gasteiger partial charge >= 0.3 is 36.0 Å². The normalized spacial score (nSPS) is 21.2. The minimum Gasteiger partial charge on any atom is -0.295 e. The quantitative estimate of drug-likeness (QED) is 0.568. The van der Waals surface area contributed by atoms with E-state index in [0.717, 1.165) is 0 Å². The molecular weight excluding hydrogens is 408 g/mol. The van der Waals surface area contributed by atoms with Crippen LogP contribution in [0.2, 0.25) is 0 Å². The van der Waals surface area contributed by atoms with Crippen LogP contribution >= 0.6 is 11.8 Å².